The number of nitrogens with zero attached hydrogens (tertiary/aromatic N) is 2. The van der Waals surface area contributed by atoms with Gasteiger partial charge in [-0.15, -0.1) is 0 Å². The molecule has 1 aromatic carbocycles. The van der Waals surface area contributed by atoms with E-state index in [0.717, 1.165) is 5.57 Å². The van der Waals surface area contributed by atoms with Gasteiger partial charge in [-0.1, -0.05) is 18.2 Å². The van der Waals surface area contributed by atoms with Gasteiger partial charge in [-0.2, -0.15) is 9.57 Å². The lowest BCUT2D eigenvalue weighted by Gasteiger charge is -2.27. The van der Waals surface area contributed by atoms with Crippen LogP contribution in [0.5, 0.6) is 0 Å². The molecule has 1 heterocycles. The van der Waals surface area contributed by atoms with Crippen molar-refractivity contribution in [1.82, 2.24) is 4.31 Å². The van der Waals surface area contributed by atoms with Crippen molar-refractivity contribution >= 4 is 10.0 Å². The van der Waals surface area contributed by atoms with Crippen LogP contribution in [-0.4, -0.2) is 25.8 Å². The van der Waals surface area contributed by atoms with E-state index in [-0.39, 0.29) is 4.90 Å². The molecule has 0 spiro atoms. The van der Waals surface area contributed by atoms with Gasteiger partial charge in [0.2, 0.25) is 10.0 Å². The first-order valence-electron chi connectivity index (χ1n) is 5.71. The molecule has 1 aromatic rings. The van der Waals surface area contributed by atoms with Crippen LogP contribution < -0.4 is 0 Å². The first-order chi connectivity index (χ1) is 8.54. The molecule has 1 aliphatic heterocycles. The Labute approximate surface area is 107 Å². The number of hydrogen-bond donors (Lipinski definition) is 0. The van der Waals surface area contributed by atoms with E-state index in [1.165, 1.54) is 16.4 Å². The van der Waals surface area contributed by atoms with Crippen LogP contribution in [-0.2, 0) is 10.0 Å². The average molecular weight is 262 g/mol. The lowest BCUT2D eigenvalue weighted by molar-refractivity contribution is 0.387. The molecule has 0 bridgehead atoms. The van der Waals surface area contributed by atoms with Gasteiger partial charge < -0.3 is 0 Å². The molecule has 2 rings (SSSR count). The molecule has 0 N–H and O–H groups in total. The number of hydrogen-bond acceptors (Lipinski definition) is 3. The fraction of sp³-hybridized carbons (Fsp3) is 0.308. The van der Waals surface area contributed by atoms with Gasteiger partial charge in [-0.3, -0.25) is 0 Å². The third-order valence-electron chi connectivity index (χ3n) is 3.03. The summed E-state index contributed by atoms with van der Waals surface area (Å²) in [5, 5.41) is 8.80. The van der Waals surface area contributed by atoms with Gasteiger partial charge in [0, 0.05) is 13.1 Å². The monoisotopic (exact) mass is 262 g/mol. The molecule has 0 saturated carbocycles. The molecule has 94 valence electrons. The Morgan fingerprint density at radius 3 is 2.56 bits per heavy atom. The van der Waals surface area contributed by atoms with Gasteiger partial charge in [-0.25, -0.2) is 8.42 Å². The highest BCUT2D eigenvalue weighted by molar-refractivity contribution is 7.89. The summed E-state index contributed by atoms with van der Waals surface area (Å²) >= 11 is 0. The Hall–Kier alpha value is -1.64. The number of sulfonamides is 1. The van der Waals surface area contributed by atoms with E-state index in [1.807, 2.05) is 6.07 Å². The number of nitriles is 1. The molecule has 1 fully saturated rings. The normalized spacial score (nSPS) is 17.4. The molecule has 1 saturated heterocycles. The van der Waals surface area contributed by atoms with Crippen molar-refractivity contribution in [1.29, 1.82) is 5.26 Å². The minimum atomic E-state index is -3.48. The summed E-state index contributed by atoms with van der Waals surface area (Å²) in [4.78, 5) is 0.189. The maximum absolute atomic E-state index is 12.3. The molecule has 0 aliphatic carbocycles. The summed E-state index contributed by atoms with van der Waals surface area (Å²) in [6.07, 6.45) is 1.41. The van der Waals surface area contributed by atoms with Crippen molar-refractivity contribution < 1.29 is 8.42 Å². The Balaban J connectivity index is 2.31. The van der Waals surface area contributed by atoms with E-state index in [4.69, 9.17) is 5.26 Å². The Morgan fingerprint density at radius 2 is 1.94 bits per heavy atom. The average Bonchev–Trinajstić information content (AvgIpc) is 2.39. The van der Waals surface area contributed by atoms with E-state index >= 15 is 0 Å². The van der Waals surface area contributed by atoms with Crippen LogP contribution in [0.3, 0.4) is 0 Å². The molecule has 1 aliphatic rings. The molecular formula is C13H14N2O2S. The summed E-state index contributed by atoms with van der Waals surface area (Å²) in [7, 11) is -3.48. The van der Waals surface area contributed by atoms with Crippen LogP contribution in [0.25, 0.3) is 0 Å². The zero-order valence-corrected chi connectivity index (χ0v) is 10.8. The predicted octanol–water partition coefficient (Wildman–Crippen LogP) is 1.90. The Bertz CT molecular complexity index is 604. The van der Waals surface area contributed by atoms with Crippen molar-refractivity contribution in [2.45, 2.75) is 17.7 Å². The van der Waals surface area contributed by atoms with Crippen LogP contribution in [0.15, 0.2) is 41.3 Å². The minimum Gasteiger partial charge on any atom is -0.207 e. The zero-order valence-electron chi connectivity index (χ0n) is 9.96. The van der Waals surface area contributed by atoms with Crippen molar-refractivity contribution in [2.24, 2.45) is 0 Å². The first kappa shape index (κ1) is 12.8. The molecule has 0 amide bonds. The molecule has 0 aromatic heterocycles. The predicted molar refractivity (Wildman–Crippen MR) is 68.3 cm³/mol. The van der Waals surface area contributed by atoms with Crippen molar-refractivity contribution in [2.75, 3.05) is 13.1 Å². The quantitative estimate of drug-likeness (QED) is 0.765. The number of benzene rings is 1. The molecule has 0 atom stereocenters. The van der Waals surface area contributed by atoms with Gasteiger partial charge in [0.25, 0.3) is 0 Å². The van der Waals surface area contributed by atoms with Crippen LogP contribution in [0.2, 0.25) is 0 Å². The van der Waals surface area contributed by atoms with Gasteiger partial charge in [-0.05, 0) is 31.0 Å². The van der Waals surface area contributed by atoms with Gasteiger partial charge >= 0.3 is 0 Å². The highest BCUT2D eigenvalue weighted by Crippen LogP contribution is 2.22. The second-order valence-electron chi connectivity index (χ2n) is 4.29. The highest BCUT2D eigenvalue weighted by Gasteiger charge is 2.26. The van der Waals surface area contributed by atoms with Crippen LogP contribution in [0.1, 0.15) is 18.4 Å². The van der Waals surface area contributed by atoms with Crippen LogP contribution in [0, 0.1) is 11.3 Å². The second kappa shape index (κ2) is 4.92. The third-order valence-corrected chi connectivity index (χ3v) is 4.93. The molecule has 5 heteroatoms. The molecular weight excluding hydrogens is 248 g/mol. The Morgan fingerprint density at radius 1 is 1.28 bits per heavy atom. The lowest BCUT2D eigenvalue weighted by Crippen LogP contribution is -2.36. The summed E-state index contributed by atoms with van der Waals surface area (Å²) < 4.78 is 26.2. The smallest absolute Gasteiger partial charge is 0.207 e. The summed E-state index contributed by atoms with van der Waals surface area (Å²) in [6, 6.07) is 8.08. The number of rotatable bonds is 2. The van der Waals surface area contributed by atoms with Gasteiger partial charge in [0.1, 0.15) is 0 Å². The molecule has 18 heavy (non-hydrogen) atoms. The van der Waals surface area contributed by atoms with E-state index < -0.39 is 10.0 Å². The summed E-state index contributed by atoms with van der Waals surface area (Å²) in [6.45, 7) is 4.81. The number of piperidine rings is 1. The maximum atomic E-state index is 12.3. The topological polar surface area (TPSA) is 61.2 Å². The van der Waals surface area contributed by atoms with Crippen molar-refractivity contribution in [3.63, 3.8) is 0 Å². The maximum Gasteiger partial charge on any atom is 0.243 e. The molecule has 0 unspecified atom stereocenters. The van der Waals surface area contributed by atoms with Crippen molar-refractivity contribution in [3.8, 4) is 6.07 Å². The van der Waals surface area contributed by atoms with Crippen LogP contribution >= 0.6 is 0 Å². The van der Waals surface area contributed by atoms with E-state index in [0.29, 0.717) is 31.5 Å². The van der Waals surface area contributed by atoms with Gasteiger partial charge in [0.15, 0.2) is 0 Å². The zero-order chi connectivity index (χ0) is 13.2. The largest absolute Gasteiger partial charge is 0.243 e. The first-order valence-corrected chi connectivity index (χ1v) is 7.15. The highest BCUT2D eigenvalue weighted by atomic mass is 32.2. The fourth-order valence-electron chi connectivity index (χ4n) is 1.92. The minimum absolute atomic E-state index is 0.189. The van der Waals surface area contributed by atoms with Crippen molar-refractivity contribution in [3.05, 3.63) is 42.0 Å². The standard InChI is InChI=1S/C13H14N2O2S/c1-11-5-7-15(8-6-11)18(16,17)13-4-2-3-12(9-13)10-14/h2-4,9H,1,5-8H2. The van der Waals surface area contributed by atoms with Gasteiger partial charge in [0.05, 0.1) is 16.5 Å². The second-order valence-corrected chi connectivity index (χ2v) is 6.23. The Kier molecular flexibility index (Phi) is 3.50. The fourth-order valence-corrected chi connectivity index (χ4v) is 3.41. The molecule has 4 nitrogen and oxygen atoms in total. The summed E-state index contributed by atoms with van der Waals surface area (Å²) in [5.74, 6) is 0. The summed E-state index contributed by atoms with van der Waals surface area (Å²) in [5.41, 5.74) is 1.45. The van der Waals surface area contributed by atoms with E-state index in [2.05, 4.69) is 6.58 Å². The molecule has 0 radical (unpaired) electrons. The van der Waals surface area contributed by atoms with E-state index in [9.17, 15) is 8.42 Å². The van der Waals surface area contributed by atoms with E-state index in [1.54, 1.807) is 12.1 Å². The van der Waals surface area contributed by atoms with Crippen LogP contribution in [0.4, 0.5) is 0 Å². The lowest BCUT2D eigenvalue weighted by atomic mass is 10.1. The third kappa shape index (κ3) is 2.45. The SMILES string of the molecule is C=C1CCN(S(=O)(=O)c2cccc(C#N)c2)CC1.